The third kappa shape index (κ3) is 6.35. The number of halogens is 2. The molecule has 0 fully saturated rings. The average molecular weight is 583 g/mol. The Hall–Kier alpha value is -4.15. The topological polar surface area (TPSA) is 93.0 Å². The van der Waals surface area contributed by atoms with Gasteiger partial charge in [0.15, 0.2) is 0 Å². The molecule has 11 heteroatoms. The van der Waals surface area contributed by atoms with Gasteiger partial charge in [0.05, 0.1) is 23.4 Å². The molecule has 1 amide bonds. The van der Waals surface area contributed by atoms with Gasteiger partial charge in [0.2, 0.25) is 0 Å². The van der Waals surface area contributed by atoms with E-state index in [1.165, 1.54) is 42.6 Å². The first-order valence-corrected chi connectivity index (χ1v) is 14.2. The van der Waals surface area contributed by atoms with Gasteiger partial charge in [-0.2, -0.15) is 5.10 Å². The van der Waals surface area contributed by atoms with E-state index in [9.17, 15) is 17.6 Å². The number of hydrogen-bond acceptors (Lipinski definition) is 5. The van der Waals surface area contributed by atoms with Gasteiger partial charge in [0.25, 0.3) is 15.9 Å². The molecule has 1 N–H and O–H groups in total. The predicted molar refractivity (Wildman–Crippen MR) is 155 cm³/mol. The minimum atomic E-state index is -4.17. The van der Waals surface area contributed by atoms with Crippen LogP contribution in [0.1, 0.15) is 23.9 Å². The molecule has 1 aromatic heterocycles. The molecule has 1 heterocycles. The summed E-state index contributed by atoms with van der Waals surface area (Å²) in [6, 6.07) is 20.3. The molecule has 0 atom stereocenters. The Labute approximate surface area is 237 Å². The van der Waals surface area contributed by atoms with Crippen LogP contribution in [-0.2, 0) is 14.8 Å². The molecule has 4 aromatic rings. The van der Waals surface area contributed by atoms with Gasteiger partial charge >= 0.3 is 0 Å². The Morgan fingerprint density at radius 1 is 1.07 bits per heavy atom. The van der Waals surface area contributed by atoms with E-state index >= 15 is 0 Å². The number of nitrogens with zero attached hydrogens (tertiary/aromatic N) is 3. The number of amides is 1. The highest BCUT2D eigenvalue weighted by Crippen LogP contribution is 2.32. The van der Waals surface area contributed by atoms with Crippen LogP contribution in [0.3, 0.4) is 0 Å². The number of sulfonamides is 1. The van der Waals surface area contributed by atoms with Crippen molar-refractivity contribution >= 4 is 39.4 Å². The summed E-state index contributed by atoms with van der Waals surface area (Å²) in [5.41, 5.74) is 5.88. The molecule has 0 bridgehead atoms. The quantitative estimate of drug-likeness (QED) is 0.194. The van der Waals surface area contributed by atoms with Crippen LogP contribution in [0.25, 0.3) is 5.69 Å². The molecule has 0 saturated carbocycles. The molecule has 8 nitrogen and oxygen atoms in total. The maximum absolute atomic E-state index is 13.7. The van der Waals surface area contributed by atoms with Crippen molar-refractivity contribution in [1.82, 2.24) is 9.99 Å². The first kappa shape index (κ1) is 28.8. The van der Waals surface area contributed by atoms with E-state index in [0.29, 0.717) is 17.4 Å². The van der Waals surface area contributed by atoms with Crippen molar-refractivity contribution in [3.05, 3.63) is 107 Å². The Bertz CT molecular complexity index is 1640. The molecular formula is C29H28ClFN4O4S. The summed E-state index contributed by atoms with van der Waals surface area (Å²) < 4.78 is 49.2. The van der Waals surface area contributed by atoms with Crippen molar-refractivity contribution < 1.29 is 22.3 Å². The fraction of sp³-hybridized carbons (Fsp3) is 0.172. The number of hydrazone groups is 1. The molecule has 0 aliphatic carbocycles. The maximum Gasteiger partial charge on any atom is 0.264 e. The second-order valence-electron chi connectivity index (χ2n) is 8.80. The lowest BCUT2D eigenvalue weighted by Crippen LogP contribution is -2.39. The molecule has 0 spiro atoms. The average Bonchev–Trinajstić information content (AvgIpc) is 3.21. The molecule has 40 heavy (non-hydrogen) atoms. The Morgan fingerprint density at radius 3 is 2.42 bits per heavy atom. The number of aromatic nitrogens is 1. The van der Waals surface area contributed by atoms with Crippen LogP contribution >= 0.6 is 11.6 Å². The zero-order valence-corrected chi connectivity index (χ0v) is 23.7. The number of ether oxygens (including phenoxy) is 1. The van der Waals surface area contributed by atoms with E-state index in [-0.39, 0.29) is 16.4 Å². The predicted octanol–water partition coefficient (Wildman–Crippen LogP) is 5.63. The van der Waals surface area contributed by atoms with Gasteiger partial charge in [-0.3, -0.25) is 9.10 Å². The number of carbonyl (C=O) groups excluding carboxylic acids is 1. The first-order valence-electron chi connectivity index (χ1n) is 12.4. The SMILES string of the molecule is CCOc1ccccc1N(CC(=O)N/N=C\c1cc(C)n(-c2ccc(F)cc2)c1C)S(=O)(=O)c1ccc(Cl)cc1. The number of carbonyl (C=O) groups is 1. The van der Waals surface area contributed by atoms with Gasteiger partial charge in [-0.15, -0.1) is 0 Å². The number of rotatable bonds is 10. The Balaban J connectivity index is 1.58. The van der Waals surface area contributed by atoms with Crippen LogP contribution in [0.5, 0.6) is 5.75 Å². The van der Waals surface area contributed by atoms with Crippen molar-refractivity contribution in [2.75, 3.05) is 17.5 Å². The number of anilines is 1. The molecule has 0 aliphatic heterocycles. The van der Waals surface area contributed by atoms with Crippen molar-refractivity contribution in [3.63, 3.8) is 0 Å². The van der Waals surface area contributed by atoms with E-state index in [4.69, 9.17) is 16.3 Å². The molecule has 0 unspecified atom stereocenters. The minimum Gasteiger partial charge on any atom is -0.492 e. The second-order valence-corrected chi connectivity index (χ2v) is 11.1. The normalized spacial score (nSPS) is 11.5. The highest BCUT2D eigenvalue weighted by Gasteiger charge is 2.29. The van der Waals surface area contributed by atoms with Crippen molar-refractivity contribution in [3.8, 4) is 11.4 Å². The second kappa shape index (κ2) is 12.4. The number of aryl methyl sites for hydroxylation is 1. The summed E-state index contributed by atoms with van der Waals surface area (Å²) in [4.78, 5) is 13.0. The fourth-order valence-electron chi connectivity index (χ4n) is 4.22. The lowest BCUT2D eigenvalue weighted by Gasteiger charge is -2.25. The Kier molecular flexibility index (Phi) is 8.91. The van der Waals surface area contributed by atoms with Gasteiger partial charge in [-0.1, -0.05) is 23.7 Å². The van der Waals surface area contributed by atoms with E-state index in [1.54, 1.807) is 43.3 Å². The van der Waals surface area contributed by atoms with E-state index in [1.807, 2.05) is 24.5 Å². The van der Waals surface area contributed by atoms with Gasteiger partial charge < -0.3 is 9.30 Å². The third-order valence-electron chi connectivity index (χ3n) is 6.07. The van der Waals surface area contributed by atoms with Crippen LogP contribution in [0.4, 0.5) is 10.1 Å². The van der Waals surface area contributed by atoms with Gasteiger partial charge in [-0.25, -0.2) is 18.2 Å². The van der Waals surface area contributed by atoms with Gasteiger partial charge in [-0.05, 0) is 87.5 Å². The van der Waals surface area contributed by atoms with Gasteiger partial charge in [0.1, 0.15) is 18.1 Å². The molecule has 0 aliphatic rings. The van der Waals surface area contributed by atoms with Crippen LogP contribution in [0, 0.1) is 19.7 Å². The number of benzene rings is 3. The standard InChI is InChI=1S/C29H28ClFN4O4S/c1-4-39-28-8-6-5-7-27(28)34(40(37,38)26-15-9-23(30)10-16-26)19-29(36)33-32-18-22-17-20(2)35(21(22)3)25-13-11-24(31)12-14-25/h5-18H,4,19H2,1-3H3,(H,33,36)/b32-18-. The summed E-state index contributed by atoms with van der Waals surface area (Å²) in [7, 11) is -4.17. The van der Waals surface area contributed by atoms with E-state index in [2.05, 4.69) is 10.5 Å². The summed E-state index contributed by atoms with van der Waals surface area (Å²) in [6.07, 6.45) is 1.48. The minimum absolute atomic E-state index is 0.0345. The van der Waals surface area contributed by atoms with Crippen molar-refractivity contribution in [1.29, 1.82) is 0 Å². The van der Waals surface area contributed by atoms with E-state index < -0.39 is 22.5 Å². The summed E-state index contributed by atoms with van der Waals surface area (Å²) in [5.74, 6) is -0.675. The van der Waals surface area contributed by atoms with Crippen LogP contribution < -0.4 is 14.5 Å². The summed E-state index contributed by atoms with van der Waals surface area (Å²) in [5, 5.41) is 4.45. The van der Waals surface area contributed by atoms with Crippen molar-refractivity contribution in [2.24, 2.45) is 5.10 Å². The number of nitrogens with one attached hydrogen (secondary N) is 1. The molecule has 208 valence electrons. The fourth-order valence-corrected chi connectivity index (χ4v) is 5.78. The zero-order valence-electron chi connectivity index (χ0n) is 22.1. The monoisotopic (exact) mass is 582 g/mol. The molecule has 3 aromatic carbocycles. The zero-order chi connectivity index (χ0) is 28.9. The number of hydrogen-bond donors (Lipinski definition) is 1. The van der Waals surface area contributed by atoms with Crippen LogP contribution in [0.15, 0.2) is 88.9 Å². The van der Waals surface area contributed by atoms with Crippen molar-refractivity contribution in [2.45, 2.75) is 25.7 Å². The maximum atomic E-state index is 13.7. The largest absolute Gasteiger partial charge is 0.492 e. The number of para-hydroxylation sites is 2. The highest BCUT2D eigenvalue weighted by molar-refractivity contribution is 7.92. The Morgan fingerprint density at radius 2 is 1.75 bits per heavy atom. The summed E-state index contributed by atoms with van der Waals surface area (Å²) >= 11 is 5.96. The smallest absolute Gasteiger partial charge is 0.264 e. The van der Waals surface area contributed by atoms with Gasteiger partial charge in [0, 0.05) is 27.7 Å². The lowest BCUT2D eigenvalue weighted by atomic mass is 10.2. The molecule has 0 saturated heterocycles. The first-order chi connectivity index (χ1) is 19.1. The van der Waals surface area contributed by atoms with E-state index in [0.717, 1.165) is 26.9 Å². The lowest BCUT2D eigenvalue weighted by molar-refractivity contribution is -0.119. The third-order valence-corrected chi connectivity index (χ3v) is 8.10. The van der Waals surface area contributed by atoms with Crippen LogP contribution in [-0.4, -0.2) is 38.3 Å². The van der Waals surface area contributed by atoms with Crippen LogP contribution in [0.2, 0.25) is 5.02 Å². The molecular weight excluding hydrogens is 555 g/mol. The molecule has 4 rings (SSSR count). The highest BCUT2D eigenvalue weighted by atomic mass is 35.5. The molecule has 0 radical (unpaired) electrons. The summed E-state index contributed by atoms with van der Waals surface area (Å²) in [6.45, 7) is 5.31.